The second-order valence-electron chi connectivity index (χ2n) is 5.50. The third kappa shape index (κ3) is 3.46. The van der Waals surface area contributed by atoms with Crippen molar-refractivity contribution in [2.24, 2.45) is 5.92 Å². The molecule has 112 valence electrons. The smallest absolute Gasteiger partial charge is 0.123 e. The van der Waals surface area contributed by atoms with Gasteiger partial charge in [0, 0.05) is 42.8 Å². The van der Waals surface area contributed by atoms with Gasteiger partial charge in [-0.15, -0.1) is 0 Å². The molecule has 1 heterocycles. The Kier molecular flexibility index (Phi) is 5.70. The van der Waals surface area contributed by atoms with E-state index in [-0.39, 0.29) is 0 Å². The maximum absolute atomic E-state index is 6.22. The van der Waals surface area contributed by atoms with Crippen molar-refractivity contribution in [1.29, 1.82) is 0 Å². The summed E-state index contributed by atoms with van der Waals surface area (Å²) in [6.45, 7) is 8.81. The minimum absolute atomic E-state index is 0.371. The van der Waals surface area contributed by atoms with Gasteiger partial charge in [0.05, 0.1) is 7.11 Å². The zero-order chi connectivity index (χ0) is 14.5. The van der Waals surface area contributed by atoms with Crippen molar-refractivity contribution in [2.45, 2.75) is 26.3 Å². The molecule has 0 aromatic heterocycles. The van der Waals surface area contributed by atoms with E-state index in [1.54, 1.807) is 7.11 Å². The third-order valence-corrected chi connectivity index (χ3v) is 4.47. The molecule has 0 bridgehead atoms. The predicted octanol–water partition coefficient (Wildman–Crippen LogP) is 3.34. The van der Waals surface area contributed by atoms with Crippen LogP contribution in [0.1, 0.15) is 31.9 Å². The van der Waals surface area contributed by atoms with Crippen molar-refractivity contribution < 1.29 is 4.74 Å². The number of halogens is 1. The van der Waals surface area contributed by atoms with Gasteiger partial charge in [-0.1, -0.05) is 31.9 Å². The Hall–Kier alpha value is -0.770. The number of hydrogen-bond acceptors (Lipinski definition) is 3. The molecule has 0 saturated carbocycles. The second-order valence-corrected chi connectivity index (χ2v) is 5.94. The molecule has 0 radical (unpaired) electrons. The molecular weight excluding hydrogens is 272 g/mol. The normalized spacial score (nSPS) is 19.6. The fraction of sp³-hybridized carbons (Fsp3) is 0.625. The second kappa shape index (κ2) is 7.30. The van der Waals surface area contributed by atoms with Gasteiger partial charge in [-0.05, 0) is 24.1 Å². The summed E-state index contributed by atoms with van der Waals surface area (Å²) >= 11 is 6.22. The van der Waals surface area contributed by atoms with Crippen LogP contribution in [0.3, 0.4) is 0 Å². The number of ether oxygens (including phenoxy) is 1. The summed E-state index contributed by atoms with van der Waals surface area (Å²) in [5.74, 6) is 1.51. The van der Waals surface area contributed by atoms with E-state index >= 15 is 0 Å². The molecule has 1 aliphatic heterocycles. The average Bonchev–Trinajstić information content (AvgIpc) is 2.48. The lowest BCUT2D eigenvalue weighted by molar-refractivity contribution is 0.126. The summed E-state index contributed by atoms with van der Waals surface area (Å²) in [5.41, 5.74) is 1.22. The van der Waals surface area contributed by atoms with Crippen molar-refractivity contribution >= 4 is 11.6 Å². The summed E-state index contributed by atoms with van der Waals surface area (Å²) in [4.78, 5) is 2.55. The van der Waals surface area contributed by atoms with Crippen molar-refractivity contribution in [3.8, 4) is 5.75 Å². The summed E-state index contributed by atoms with van der Waals surface area (Å²) in [5, 5.41) is 4.20. The van der Waals surface area contributed by atoms with Gasteiger partial charge in [-0.25, -0.2) is 0 Å². The van der Waals surface area contributed by atoms with Crippen molar-refractivity contribution in [1.82, 2.24) is 10.2 Å². The van der Waals surface area contributed by atoms with Gasteiger partial charge in [-0.3, -0.25) is 4.90 Å². The van der Waals surface area contributed by atoms with Crippen LogP contribution in [0.5, 0.6) is 5.75 Å². The topological polar surface area (TPSA) is 24.5 Å². The number of rotatable bonds is 5. The average molecular weight is 297 g/mol. The van der Waals surface area contributed by atoms with E-state index in [9.17, 15) is 0 Å². The Labute approximate surface area is 127 Å². The van der Waals surface area contributed by atoms with E-state index in [2.05, 4.69) is 30.1 Å². The zero-order valence-corrected chi connectivity index (χ0v) is 13.4. The highest BCUT2D eigenvalue weighted by atomic mass is 35.5. The summed E-state index contributed by atoms with van der Waals surface area (Å²) in [6.07, 6.45) is 1.14. The molecule has 1 aliphatic rings. The van der Waals surface area contributed by atoms with Crippen LogP contribution in [-0.2, 0) is 0 Å². The van der Waals surface area contributed by atoms with E-state index in [1.807, 2.05) is 12.1 Å². The van der Waals surface area contributed by atoms with Crippen LogP contribution in [0, 0.1) is 5.92 Å². The molecule has 2 rings (SSSR count). The predicted molar refractivity (Wildman–Crippen MR) is 84.6 cm³/mol. The van der Waals surface area contributed by atoms with Gasteiger partial charge < -0.3 is 10.1 Å². The number of methoxy groups -OCH3 is 1. The van der Waals surface area contributed by atoms with Gasteiger partial charge >= 0.3 is 0 Å². The number of nitrogens with zero attached hydrogens (tertiary/aromatic N) is 1. The van der Waals surface area contributed by atoms with Gasteiger partial charge in [0.1, 0.15) is 5.75 Å². The molecule has 1 fully saturated rings. The Morgan fingerprint density at radius 1 is 1.35 bits per heavy atom. The molecule has 1 unspecified atom stereocenters. The fourth-order valence-electron chi connectivity index (χ4n) is 2.98. The van der Waals surface area contributed by atoms with Crippen LogP contribution in [-0.4, -0.2) is 38.2 Å². The van der Waals surface area contributed by atoms with E-state index in [4.69, 9.17) is 16.3 Å². The van der Waals surface area contributed by atoms with Crippen molar-refractivity contribution in [3.63, 3.8) is 0 Å². The summed E-state index contributed by atoms with van der Waals surface area (Å²) < 4.78 is 5.57. The molecule has 0 spiro atoms. The molecule has 1 saturated heterocycles. The van der Waals surface area contributed by atoms with Crippen LogP contribution in [0.2, 0.25) is 5.02 Å². The number of piperazine rings is 1. The Balaban J connectivity index is 2.37. The van der Waals surface area contributed by atoms with Crippen LogP contribution >= 0.6 is 11.6 Å². The molecule has 0 amide bonds. The molecule has 1 aromatic rings. The molecule has 4 heteroatoms. The third-order valence-electron chi connectivity index (χ3n) is 4.24. The van der Waals surface area contributed by atoms with Gasteiger partial charge in [0.25, 0.3) is 0 Å². The fourth-order valence-corrected chi connectivity index (χ4v) is 3.16. The van der Waals surface area contributed by atoms with Crippen molar-refractivity contribution in [2.75, 3.05) is 33.3 Å². The lowest BCUT2D eigenvalue weighted by Gasteiger charge is -2.39. The Morgan fingerprint density at radius 2 is 2.05 bits per heavy atom. The van der Waals surface area contributed by atoms with E-state index in [0.717, 1.165) is 43.4 Å². The van der Waals surface area contributed by atoms with E-state index in [0.29, 0.717) is 12.0 Å². The lowest BCUT2D eigenvalue weighted by atomic mass is 9.90. The lowest BCUT2D eigenvalue weighted by Crippen LogP contribution is -2.46. The monoisotopic (exact) mass is 296 g/mol. The van der Waals surface area contributed by atoms with Crippen LogP contribution < -0.4 is 10.1 Å². The summed E-state index contributed by atoms with van der Waals surface area (Å²) in [6, 6.07) is 6.32. The first-order chi connectivity index (χ1) is 9.67. The maximum atomic E-state index is 6.22. The van der Waals surface area contributed by atoms with Crippen molar-refractivity contribution in [3.05, 3.63) is 28.8 Å². The minimum Gasteiger partial charge on any atom is -0.496 e. The first kappa shape index (κ1) is 15.6. The van der Waals surface area contributed by atoms with Gasteiger partial charge in [0.2, 0.25) is 0 Å². The highest BCUT2D eigenvalue weighted by Gasteiger charge is 2.28. The SMILES string of the molecule is CCC(C)[C@H](c1cc(Cl)ccc1OC)N1CCNCC1. The van der Waals surface area contributed by atoms with E-state index in [1.165, 1.54) is 5.56 Å². The highest BCUT2D eigenvalue weighted by molar-refractivity contribution is 6.30. The molecule has 2 atom stereocenters. The molecular formula is C16H25ClN2O. The first-order valence-corrected chi connectivity index (χ1v) is 7.83. The number of nitrogens with one attached hydrogen (secondary N) is 1. The molecule has 20 heavy (non-hydrogen) atoms. The van der Waals surface area contributed by atoms with Crippen LogP contribution in [0.25, 0.3) is 0 Å². The van der Waals surface area contributed by atoms with Gasteiger partial charge in [0.15, 0.2) is 0 Å². The highest BCUT2D eigenvalue weighted by Crippen LogP contribution is 2.37. The number of benzene rings is 1. The minimum atomic E-state index is 0.371. The van der Waals surface area contributed by atoms with Gasteiger partial charge in [-0.2, -0.15) is 0 Å². The molecule has 3 nitrogen and oxygen atoms in total. The maximum Gasteiger partial charge on any atom is 0.123 e. The zero-order valence-electron chi connectivity index (χ0n) is 12.7. The quantitative estimate of drug-likeness (QED) is 0.902. The molecule has 1 aromatic carbocycles. The molecule has 1 N–H and O–H groups in total. The standard InChI is InChI=1S/C16H25ClN2O/c1-4-12(2)16(19-9-7-18-8-10-19)14-11-13(17)5-6-15(14)20-3/h5-6,11-12,16,18H,4,7-10H2,1-3H3/t12?,16-/m1/s1. The van der Waals surface area contributed by atoms with Crippen LogP contribution in [0.4, 0.5) is 0 Å². The Bertz CT molecular complexity index is 432. The largest absolute Gasteiger partial charge is 0.496 e. The number of hydrogen-bond donors (Lipinski definition) is 1. The Morgan fingerprint density at radius 3 is 2.65 bits per heavy atom. The first-order valence-electron chi connectivity index (χ1n) is 7.45. The van der Waals surface area contributed by atoms with Crippen LogP contribution in [0.15, 0.2) is 18.2 Å². The molecule has 0 aliphatic carbocycles. The summed E-state index contributed by atoms with van der Waals surface area (Å²) in [7, 11) is 1.73. The van der Waals surface area contributed by atoms with E-state index < -0.39 is 0 Å².